The first-order valence-corrected chi connectivity index (χ1v) is 5.05. The second-order valence-corrected chi connectivity index (χ2v) is 3.44. The molecule has 0 saturated heterocycles. The fourth-order valence-electron chi connectivity index (χ4n) is 1.81. The molecule has 0 atom stereocenters. The van der Waals surface area contributed by atoms with E-state index in [0.29, 0.717) is 6.54 Å². The van der Waals surface area contributed by atoms with Gasteiger partial charge in [0.25, 0.3) is 5.56 Å². The van der Waals surface area contributed by atoms with Crippen molar-refractivity contribution in [2.45, 2.75) is 6.54 Å². The third kappa shape index (κ3) is 1.67. The van der Waals surface area contributed by atoms with Crippen molar-refractivity contribution in [3.8, 4) is 5.75 Å². The van der Waals surface area contributed by atoms with Crippen molar-refractivity contribution in [1.29, 1.82) is 0 Å². The van der Waals surface area contributed by atoms with Crippen molar-refractivity contribution in [1.82, 2.24) is 4.57 Å². The Morgan fingerprint density at radius 3 is 2.81 bits per heavy atom. The quantitative estimate of drug-likeness (QED) is 0.838. The smallest absolute Gasteiger partial charge is 0.251 e. The Bertz CT molecular complexity index is 560. The molecule has 0 aliphatic carbocycles. The second kappa shape index (κ2) is 4.37. The summed E-state index contributed by atoms with van der Waals surface area (Å²) in [6, 6.07) is 8.74. The summed E-state index contributed by atoms with van der Waals surface area (Å²) in [5.74, 6) is 0.726. The number of ether oxygens (including phenoxy) is 1. The molecule has 0 aliphatic heterocycles. The van der Waals surface area contributed by atoms with Crippen LogP contribution in [0.1, 0.15) is 0 Å². The summed E-state index contributed by atoms with van der Waals surface area (Å²) in [6.07, 6.45) is 0. The van der Waals surface area contributed by atoms with E-state index in [1.54, 1.807) is 13.2 Å². The maximum Gasteiger partial charge on any atom is 0.251 e. The Hall–Kier alpha value is -1.81. The Morgan fingerprint density at radius 2 is 2.12 bits per heavy atom. The number of fused-ring (bicyclic) bond motifs is 1. The highest BCUT2D eigenvalue weighted by Crippen LogP contribution is 2.23. The van der Waals surface area contributed by atoms with E-state index >= 15 is 0 Å². The molecular formula is C12H13NO3. The van der Waals surface area contributed by atoms with E-state index in [2.05, 4.69) is 0 Å². The molecule has 0 unspecified atom stereocenters. The third-order valence-electron chi connectivity index (χ3n) is 2.54. The van der Waals surface area contributed by atoms with Gasteiger partial charge in [0.2, 0.25) is 0 Å². The minimum Gasteiger partial charge on any atom is -0.496 e. The van der Waals surface area contributed by atoms with Gasteiger partial charge < -0.3 is 14.4 Å². The minimum atomic E-state index is -0.116. The number of nitrogens with zero attached hydrogens (tertiary/aromatic N) is 1. The van der Waals surface area contributed by atoms with Crippen molar-refractivity contribution in [2.75, 3.05) is 13.7 Å². The van der Waals surface area contributed by atoms with Crippen molar-refractivity contribution >= 4 is 10.9 Å². The molecule has 84 valence electrons. The first-order chi connectivity index (χ1) is 7.77. The number of aliphatic hydroxyl groups excluding tert-OH is 1. The van der Waals surface area contributed by atoms with Crippen LogP contribution in [0.2, 0.25) is 0 Å². The first-order valence-electron chi connectivity index (χ1n) is 5.05. The molecule has 0 amide bonds. The summed E-state index contributed by atoms with van der Waals surface area (Å²) in [6.45, 7) is 0.236. The monoisotopic (exact) mass is 219 g/mol. The fourth-order valence-corrected chi connectivity index (χ4v) is 1.81. The Balaban J connectivity index is 2.78. The number of pyridine rings is 1. The van der Waals surface area contributed by atoms with Crippen LogP contribution >= 0.6 is 0 Å². The second-order valence-electron chi connectivity index (χ2n) is 3.44. The van der Waals surface area contributed by atoms with Crippen molar-refractivity contribution in [2.24, 2.45) is 0 Å². The summed E-state index contributed by atoms with van der Waals surface area (Å²) in [4.78, 5) is 11.6. The molecule has 0 bridgehead atoms. The number of hydrogen-bond donors (Lipinski definition) is 1. The molecule has 0 aliphatic rings. The standard InChI is InChI=1S/C12H13NO3/c1-16-11-4-2-3-10-9(11)5-6-12(15)13(10)7-8-14/h2-6,14H,7-8H2,1H3. The summed E-state index contributed by atoms with van der Waals surface area (Å²) in [5, 5.41) is 9.81. The third-order valence-corrected chi connectivity index (χ3v) is 2.54. The van der Waals surface area contributed by atoms with Crippen LogP contribution in [0.25, 0.3) is 10.9 Å². The van der Waals surface area contributed by atoms with Gasteiger partial charge in [-0.25, -0.2) is 0 Å². The van der Waals surface area contributed by atoms with Gasteiger partial charge in [-0.15, -0.1) is 0 Å². The van der Waals surface area contributed by atoms with Gasteiger partial charge in [-0.3, -0.25) is 4.79 Å². The number of hydrogen-bond acceptors (Lipinski definition) is 3. The predicted molar refractivity (Wildman–Crippen MR) is 61.8 cm³/mol. The summed E-state index contributed by atoms with van der Waals surface area (Å²) in [7, 11) is 1.59. The number of benzene rings is 1. The van der Waals surface area contributed by atoms with E-state index in [9.17, 15) is 4.79 Å². The van der Waals surface area contributed by atoms with Crippen LogP contribution < -0.4 is 10.3 Å². The van der Waals surface area contributed by atoms with E-state index in [1.807, 2.05) is 18.2 Å². The maximum atomic E-state index is 11.6. The lowest BCUT2D eigenvalue weighted by Gasteiger charge is -2.10. The lowest BCUT2D eigenvalue weighted by atomic mass is 10.2. The molecule has 0 fully saturated rings. The highest BCUT2D eigenvalue weighted by Gasteiger charge is 2.05. The van der Waals surface area contributed by atoms with Crippen LogP contribution in [0.3, 0.4) is 0 Å². The summed E-state index contributed by atoms with van der Waals surface area (Å²) >= 11 is 0. The molecule has 1 aromatic heterocycles. The molecule has 16 heavy (non-hydrogen) atoms. The number of aromatic nitrogens is 1. The van der Waals surface area contributed by atoms with E-state index < -0.39 is 0 Å². The van der Waals surface area contributed by atoms with Gasteiger partial charge in [-0.2, -0.15) is 0 Å². The first kappa shape index (κ1) is 10.7. The highest BCUT2D eigenvalue weighted by atomic mass is 16.5. The highest BCUT2D eigenvalue weighted by molar-refractivity contribution is 5.85. The molecule has 1 aromatic carbocycles. The van der Waals surface area contributed by atoms with Gasteiger partial charge in [0.05, 0.1) is 19.2 Å². The van der Waals surface area contributed by atoms with Gasteiger partial charge in [0.1, 0.15) is 5.75 Å². The van der Waals surface area contributed by atoms with E-state index in [0.717, 1.165) is 16.7 Å². The van der Waals surface area contributed by atoms with Gasteiger partial charge >= 0.3 is 0 Å². The van der Waals surface area contributed by atoms with Crippen LogP contribution in [0, 0.1) is 0 Å². The molecule has 4 nitrogen and oxygen atoms in total. The van der Waals surface area contributed by atoms with Crippen molar-refractivity contribution in [3.63, 3.8) is 0 Å². The van der Waals surface area contributed by atoms with Crippen LogP contribution in [-0.2, 0) is 6.54 Å². The zero-order valence-corrected chi connectivity index (χ0v) is 9.01. The van der Waals surface area contributed by atoms with Gasteiger partial charge in [-0.1, -0.05) is 6.07 Å². The van der Waals surface area contributed by atoms with Crippen molar-refractivity contribution < 1.29 is 9.84 Å². The number of methoxy groups -OCH3 is 1. The molecule has 1 N–H and O–H groups in total. The lowest BCUT2D eigenvalue weighted by molar-refractivity contribution is 0.276. The van der Waals surface area contributed by atoms with Crippen LogP contribution in [0.4, 0.5) is 0 Å². The lowest BCUT2D eigenvalue weighted by Crippen LogP contribution is -2.20. The minimum absolute atomic E-state index is 0.0593. The number of rotatable bonds is 3. The van der Waals surface area contributed by atoms with E-state index in [4.69, 9.17) is 9.84 Å². The van der Waals surface area contributed by atoms with Crippen LogP contribution in [0.5, 0.6) is 5.75 Å². The molecule has 0 radical (unpaired) electrons. The van der Waals surface area contributed by atoms with Gasteiger partial charge in [0, 0.05) is 18.0 Å². The molecule has 4 heteroatoms. The summed E-state index contributed by atoms with van der Waals surface area (Å²) in [5.41, 5.74) is 0.663. The molecule has 0 spiro atoms. The average Bonchev–Trinajstić information content (AvgIpc) is 2.32. The molecule has 1 heterocycles. The van der Waals surface area contributed by atoms with Crippen LogP contribution in [0.15, 0.2) is 35.1 Å². The fraction of sp³-hybridized carbons (Fsp3) is 0.250. The number of aliphatic hydroxyl groups is 1. The van der Waals surface area contributed by atoms with E-state index in [-0.39, 0.29) is 12.2 Å². The maximum absolute atomic E-state index is 11.6. The van der Waals surface area contributed by atoms with Crippen LogP contribution in [-0.4, -0.2) is 23.4 Å². The normalized spacial score (nSPS) is 10.6. The average molecular weight is 219 g/mol. The summed E-state index contributed by atoms with van der Waals surface area (Å²) < 4.78 is 6.76. The largest absolute Gasteiger partial charge is 0.496 e. The molecule has 2 rings (SSSR count). The zero-order chi connectivity index (χ0) is 11.5. The topological polar surface area (TPSA) is 51.5 Å². The Labute approximate surface area is 92.7 Å². The SMILES string of the molecule is COc1cccc2c1ccc(=O)n2CCO. The van der Waals surface area contributed by atoms with Crippen molar-refractivity contribution in [3.05, 3.63) is 40.7 Å². The Morgan fingerprint density at radius 1 is 1.31 bits per heavy atom. The molecule has 0 saturated carbocycles. The predicted octanol–water partition coefficient (Wildman–Crippen LogP) is 1.00. The van der Waals surface area contributed by atoms with Gasteiger partial charge in [-0.05, 0) is 18.2 Å². The Kier molecular flexibility index (Phi) is 2.92. The molecular weight excluding hydrogens is 206 g/mol. The zero-order valence-electron chi connectivity index (χ0n) is 9.01. The molecule has 2 aromatic rings. The van der Waals surface area contributed by atoms with Gasteiger partial charge in [0.15, 0.2) is 0 Å². The van der Waals surface area contributed by atoms with E-state index in [1.165, 1.54) is 10.6 Å².